The number of carbonyl (C=O) groups is 2. The fourth-order valence-corrected chi connectivity index (χ4v) is 6.83. The van der Waals surface area contributed by atoms with E-state index >= 15 is 0 Å². The molecule has 6 rings (SSSR count). The maximum Gasteiger partial charge on any atom is 0.508 e. The van der Waals surface area contributed by atoms with Crippen LogP contribution in [0.25, 0.3) is 0 Å². The molecule has 2 aliphatic carbocycles. The quantitative estimate of drug-likeness (QED) is 0.168. The molecule has 1 fully saturated rings. The van der Waals surface area contributed by atoms with E-state index in [1.165, 1.54) is 11.1 Å². The Bertz CT molecular complexity index is 1600. The van der Waals surface area contributed by atoms with E-state index in [1.807, 2.05) is 45.2 Å². The molecular weight excluding hydrogens is 606 g/mol. The van der Waals surface area contributed by atoms with Crippen LogP contribution in [0.1, 0.15) is 93.8 Å². The van der Waals surface area contributed by atoms with Crippen molar-refractivity contribution in [2.24, 2.45) is 10.9 Å². The highest BCUT2D eigenvalue weighted by atomic mass is 16.7. The number of ether oxygens (including phenoxy) is 3. The lowest BCUT2D eigenvalue weighted by Gasteiger charge is -2.22. The van der Waals surface area contributed by atoms with Crippen LogP contribution in [-0.4, -0.2) is 59.3 Å². The monoisotopic (exact) mass is 651 g/mol. The van der Waals surface area contributed by atoms with E-state index in [-0.39, 0.29) is 42.4 Å². The lowest BCUT2D eigenvalue weighted by atomic mass is 9.89. The second kappa shape index (κ2) is 14.6. The number of fused-ring (bicyclic) bond motifs is 1. The Balaban J connectivity index is 1.26. The molecule has 1 aromatic heterocycles. The van der Waals surface area contributed by atoms with Crippen molar-refractivity contribution in [2.45, 2.75) is 88.9 Å². The lowest BCUT2D eigenvalue weighted by molar-refractivity contribution is 0.0381. The predicted molar refractivity (Wildman–Crippen MR) is 185 cm³/mol. The molecule has 48 heavy (non-hydrogen) atoms. The van der Waals surface area contributed by atoms with Crippen LogP contribution in [0.5, 0.6) is 0 Å². The zero-order chi connectivity index (χ0) is 33.7. The molecule has 1 aliphatic heterocycles. The summed E-state index contributed by atoms with van der Waals surface area (Å²) in [5.74, 6) is 1.57. The van der Waals surface area contributed by atoms with E-state index < -0.39 is 17.8 Å². The van der Waals surface area contributed by atoms with Gasteiger partial charge in [0.25, 0.3) is 0 Å². The zero-order valence-corrected chi connectivity index (χ0v) is 28.1. The van der Waals surface area contributed by atoms with Crippen LogP contribution < -0.4 is 10.6 Å². The normalized spacial score (nSPS) is 22.8. The standard InChI is InChI=1S/C38H45N5O5/c1-5-46-37(45)47-29-19-17-26(21-29)31-23-39-33-32(31)42-34(27-16-18-28(20-27)41-36(44)48-38(2,3)4)43-35(33)40-22-30(24-12-8-6-9-13-24)25-14-10-7-11-15-25/h6-15,17,19,23,26-31H,5,16,18,20-22H2,1-4H3,(H,41,44)(H,40,42,43)/t26-,27?,28+,29+,31?/m0/s1. The van der Waals surface area contributed by atoms with Crippen molar-refractivity contribution in [1.82, 2.24) is 15.3 Å². The zero-order valence-electron chi connectivity index (χ0n) is 28.1. The van der Waals surface area contributed by atoms with Gasteiger partial charge in [0.1, 0.15) is 23.2 Å². The Morgan fingerprint density at radius 1 is 0.938 bits per heavy atom. The van der Waals surface area contributed by atoms with Gasteiger partial charge in [0.2, 0.25) is 0 Å². The summed E-state index contributed by atoms with van der Waals surface area (Å²) < 4.78 is 16.0. The van der Waals surface area contributed by atoms with Crippen molar-refractivity contribution in [3.63, 3.8) is 0 Å². The predicted octanol–water partition coefficient (Wildman–Crippen LogP) is 7.80. The molecule has 2 heterocycles. The first-order valence-corrected chi connectivity index (χ1v) is 17.0. The highest BCUT2D eigenvalue weighted by Crippen LogP contribution is 2.45. The molecular formula is C38H45N5O5. The van der Waals surface area contributed by atoms with Gasteiger partial charge in [-0.25, -0.2) is 19.6 Å². The van der Waals surface area contributed by atoms with Crippen LogP contribution in [0.3, 0.4) is 0 Å². The Hall–Kier alpha value is -4.73. The van der Waals surface area contributed by atoms with Crippen molar-refractivity contribution >= 4 is 30.0 Å². The van der Waals surface area contributed by atoms with Crippen LogP contribution >= 0.6 is 0 Å². The summed E-state index contributed by atoms with van der Waals surface area (Å²) in [7, 11) is 0. The molecule has 1 saturated carbocycles. The summed E-state index contributed by atoms with van der Waals surface area (Å²) in [4.78, 5) is 39.7. The number of benzene rings is 2. The number of alkyl carbamates (subject to hydrolysis) is 1. The van der Waals surface area contributed by atoms with Gasteiger partial charge in [-0.15, -0.1) is 0 Å². The minimum atomic E-state index is -0.661. The number of hydrogen-bond donors (Lipinski definition) is 2. The van der Waals surface area contributed by atoms with Gasteiger partial charge < -0.3 is 24.8 Å². The minimum Gasteiger partial charge on any atom is -0.444 e. The van der Waals surface area contributed by atoms with Crippen LogP contribution in [0, 0.1) is 5.92 Å². The van der Waals surface area contributed by atoms with Gasteiger partial charge in [-0.05, 0) is 76.5 Å². The topological polar surface area (TPSA) is 124 Å². The van der Waals surface area contributed by atoms with Crippen molar-refractivity contribution in [3.05, 3.63) is 95.5 Å². The Labute approximate surface area is 282 Å². The number of anilines is 1. The third-order valence-electron chi connectivity index (χ3n) is 9.05. The molecule has 2 N–H and O–H groups in total. The second-order valence-corrected chi connectivity index (χ2v) is 13.7. The Morgan fingerprint density at radius 2 is 1.65 bits per heavy atom. The van der Waals surface area contributed by atoms with E-state index in [9.17, 15) is 9.59 Å². The van der Waals surface area contributed by atoms with Crippen LogP contribution in [0.2, 0.25) is 0 Å². The molecule has 0 spiro atoms. The molecule has 1 amide bonds. The molecule has 2 aromatic carbocycles. The third-order valence-corrected chi connectivity index (χ3v) is 9.05. The number of nitrogens with zero attached hydrogens (tertiary/aromatic N) is 3. The molecule has 0 saturated heterocycles. The van der Waals surface area contributed by atoms with E-state index in [0.717, 1.165) is 36.5 Å². The number of carbonyl (C=O) groups excluding carboxylic acids is 2. The summed E-state index contributed by atoms with van der Waals surface area (Å²) in [6, 6.07) is 20.9. The second-order valence-electron chi connectivity index (χ2n) is 13.7. The number of rotatable bonds is 10. The van der Waals surface area contributed by atoms with Gasteiger partial charge in [0.15, 0.2) is 5.82 Å². The fraction of sp³-hybridized carbons (Fsp3) is 0.447. The van der Waals surface area contributed by atoms with Crippen molar-refractivity contribution in [1.29, 1.82) is 0 Å². The first-order valence-electron chi connectivity index (χ1n) is 17.0. The highest BCUT2D eigenvalue weighted by Gasteiger charge is 2.37. The molecule has 252 valence electrons. The highest BCUT2D eigenvalue weighted by molar-refractivity contribution is 5.85. The maximum absolute atomic E-state index is 12.5. The number of aromatic nitrogens is 2. The summed E-state index contributed by atoms with van der Waals surface area (Å²) in [6.45, 7) is 8.22. The molecule has 3 aromatic rings. The van der Waals surface area contributed by atoms with Crippen molar-refractivity contribution in [3.8, 4) is 0 Å². The first-order chi connectivity index (χ1) is 23.2. The molecule has 5 atom stereocenters. The molecule has 0 radical (unpaired) electrons. The van der Waals surface area contributed by atoms with Crippen molar-refractivity contribution < 1.29 is 23.8 Å². The van der Waals surface area contributed by atoms with Gasteiger partial charge in [0, 0.05) is 36.6 Å². The van der Waals surface area contributed by atoms with E-state index in [0.29, 0.717) is 18.8 Å². The summed E-state index contributed by atoms with van der Waals surface area (Å²) in [5, 5.41) is 6.72. The van der Waals surface area contributed by atoms with Gasteiger partial charge in [-0.2, -0.15) is 0 Å². The smallest absolute Gasteiger partial charge is 0.444 e. The van der Waals surface area contributed by atoms with Gasteiger partial charge in [-0.3, -0.25) is 4.99 Å². The van der Waals surface area contributed by atoms with Crippen LogP contribution in [0.4, 0.5) is 21.1 Å². The number of aliphatic imine (C=N–C) groups is 1. The average Bonchev–Trinajstić information content (AvgIpc) is 3.81. The van der Waals surface area contributed by atoms with E-state index in [4.69, 9.17) is 29.2 Å². The molecule has 3 aliphatic rings. The van der Waals surface area contributed by atoms with Gasteiger partial charge in [-0.1, -0.05) is 66.7 Å². The first kappa shape index (κ1) is 33.2. The Morgan fingerprint density at radius 3 is 2.31 bits per heavy atom. The lowest BCUT2D eigenvalue weighted by Crippen LogP contribution is -2.37. The van der Waals surface area contributed by atoms with E-state index in [1.54, 1.807) is 6.92 Å². The summed E-state index contributed by atoms with van der Waals surface area (Å²) in [5.41, 5.74) is 3.47. The van der Waals surface area contributed by atoms with Crippen molar-refractivity contribution in [2.75, 3.05) is 18.5 Å². The van der Waals surface area contributed by atoms with Gasteiger partial charge >= 0.3 is 12.2 Å². The number of allylic oxidation sites excluding steroid dienone is 1. The third kappa shape index (κ3) is 8.03. The van der Waals surface area contributed by atoms with Gasteiger partial charge in [0.05, 0.1) is 12.3 Å². The SMILES string of the molecule is CCOC(=O)O[C@@H]1C=C[C@H](C2C=Nc3c(NCC(c4ccccc4)c4ccccc4)nc(C4CC[C@@H](NC(=O)OC(C)(C)C)C4)nc32)C1. The number of hydrogen-bond acceptors (Lipinski definition) is 9. The van der Waals surface area contributed by atoms with E-state index in [2.05, 4.69) is 65.2 Å². The number of amides is 1. The molecule has 10 nitrogen and oxygen atoms in total. The average molecular weight is 652 g/mol. The minimum absolute atomic E-state index is 0.0238. The molecule has 2 unspecified atom stereocenters. The van der Waals surface area contributed by atoms with Crippen LogP contribution in [0.15, 0.2) is 77.8 Å². The fourth-order valence-electron chi connectivity index (χ4n) is 6.83. The largest absolute Gasteiger partial charge is 0.508 e. The molecule has 0 bridgehead atoms. The number of nitrogens with one attached hydrogen (secondary N) is 2. The molecule has 10 heteroatoms. The Kier molecular flexibility index (Phi) is 10.1. The summed E-state index contributed by atoms with van der Waals surface area (Å²) >= 11 is 0. The summed E-state index contributed by atoms with van der Waals surface area (Å²) in [6.07, 6.45) is 7.52. The van der Waals surface area contributed by atoms with Crippen LogP contribution in [-0.2, 0) is 14.2 Å². The maximum atomic E-state index is 12.5.